The van der Waals surface area contributed by atoms with Crippen LogP contribution in [0.1, 0.15) is 118 Å². The van der Waals surface area contributed by atoms with Crippen molar-refractivity contribution in [3.63, 3.8) is 0 Å². The van der Waals surface area contributed by atoms with E-state index in [0.717, 1.165) is 69.8 Å². The minimum absolute atomic E-state index is 0.0472. The average molecular weight is 501 g/mol. The van der Waals surface area contributed by atoms with E-state index >= 15 is 4.39 Å². The number of esters is 1. The van der Waals surface area contributed by atoms with Crippen LogP contribution in [0.25, 0.3) is 0 Å². The molecule has 0 aromatic carbocycles. The number of carbonyl (C=O) groups excluding carboxylic acids is 1. The summed E-state index contributed by atoms with van der Waals surface area (Å²) in [4.78, 5) is 11.5. The molecule has 36 heavy (non-hydrogen) atoms. The second-order valence-electron chi connectivity index (χ2n) is 13.6. The van der Waals surface area contributed by atoms with Crippen LogP contribution in [0.2, 0.25) is 0 Å². The van der Waals surface area contributed by atoms with E-state index in [1.807, 2.05) is 13.8 Å². The molecular weight excluding hydrogens is 451 g/mol. The van der Waals surface area contributed by atoms with Gasteiger partial charge >= 0.3 is 5.97 Å². The van der Waals surface area contributed by atoms with Gasteiger partial charge in [-0.05, 0) is 114 Å². The summed E-state index contributed by atoms with van der Waals surface area (Å²) in [6.07, 6.45) is 16.6. The largest absolute Gasteiger partial charge is 0.462 e. The van der Waals surface area contributed by atoms with E-state index in [4.69, 9.17) is 4.74 Å². The fourth-order valence-corrected chi connectivity index (χ4v) is 8.28. The first-order valence-corrected chi connectivity index (χ1v) is 14.4. The van der Waals surface area contributed by atoms with E-state index in [1.165, 1.54) is 24.5 Å². The maximum atomic E-state index is 16.1. The first kappa shape index (κ1) is 27.6. The number of aliphatic hydroxyl groups is 1. The zero-order chi connectivity index (χ0) is 26.4. The predicted molar refractivity (Wildman–Crippen MR) is 144 cm³/mol. The standard InChI is InChI=1S/C32H49FO3/c1-22-10-13-26(36-23(2)34)21-25(22)12-11-24-9-7-17-30(5)27(24)14-15-28(30)31(6,32(33)19-20-32)18-8-16-29(3,4)35/h11-12,26-28,35H,1,7-10,13-21H2,2-6H3/b24-11?,25-12-/t26-,27?,28-,30-,31-/m0/s1. The predicted octanol–water partition coefficient (Wildman–Crippen LogP) is 8.18. The Balaban J connectivity index is 1.54. The number of ether oxygens (including phenoxy) is 1. The van der Waals surface area contributed by atoms with Crippen molar-refractivity contribution in [2.75, 3.05) is 0 Å². The lowest BCUT2D eigenvalue weighted by molar-refractivity contribution is -0.146. The highest BCUT2D eigenvalue weighted by Crippen LogP contribution is 2.69. The lowest BCUT2D eigenvalue weighted by atomic mass is 9.54. The molecule has 0 aromatic rings. The second-order valence-corrected chi connectivity index (χ2v) is 13.6. The van der Waals surface area contributed by atoms with Crippen LogP contribution in [0.3, 0.4) is 0 Å². The minimum Gasteiger partial charge on any atom is -0.462 e. The molecule has 0 amide bonds. The Labute approximate surface area is 218 Å². The van der Waals surface area contributed by atoms with Crippen molar-refractivity contribution in [1.82, 2.24) is 0 Å². The molecule has 1 N–H and O–H groups in total. The molecule has 0 saturated heterocycles. The Morgan fingerprint density at radius 3 is 2.50 bits per heavy atom. The molecule has 4 heteroatoms. The number of rotatable bonds is 8. The number of hydrogen-bond acceptors (Lipinski definition) is 3. The Bertz CT molecular complexity index is 920. The van der Waals surface area contributed by atoms with Crippen LogP contribution in [-0.4, -0.2) is 28.4 Å². The number of fused-ring (bicyclic) bond motifs is 1. The van der Waals surface area contributed by atoms with Gasteiger partial charge in [0.05, 0.1) is 5.60 Å². The summed E-state index contributed by atoms with van der Waals surface area (Å²) in [5, 5.41) is 10.3. The molecule has 0 aliphatic heterocycles. The van der Waals surface area contributed by atoms with Gasteiger partial charge < -0.3 is 9.84 Å². The zero-order valence-corrected chi connectivity index (χ0v) is 23.4. The van der Waals surface area contributed by atoms with Crippen LogP contribution in [-0.2, 0) is 9.53 Å². The molecule has 0 aromatic heterocycles. The Morgan fingerprint density at radius 2 is 1.86 bits per heavy atom. The minimum atomic E-state index is -1.04. The van der Waals surface area contributed by atoms with Gasteiger partial charge in [-0.15, -0.1) is 0 Å². The Kier molecular flexibility index (Phi) is 7.70. The quantitative estimate of drug-likeness (QED) is 0.342. The molecule has 0 heterocycles. The van der Waals surface area contributed by atoms with Crippen molar-refractivity contribution < 1.29 is 19.0 Å². The van der Waals surface area contributed by atoms with E-state index in [2.05, 4.69) is 32.6 Å². The number of alkyl halides is 1. The molecule has 4 aliphatic rings. The fourth-order valence-electron chi connectivity index (χ4n) is 8.28. The van der Waals surface area contributed by atoms with E-state index in [-0.39, 0.29) is 22.9 Å². The highest BCUT2D eigenvalue weighted by atomic mass is 19.1. The molecule has 1 unspecified atom stereocenters. The second kappa shape index (κ2) is 10.0. The summed E-state index contributed by atoms with van der Waals surface area (Å²) in [6.45, 7) is 14.2. The molecule has 4 aliphatic carbocycles. The number of carbonyl (C=O) groups is 1. The third-order valence-electron chi connectivity index (χ3n) is 10.4. The van der Waals surface area contributed by atoms with Crippen molar-refractivity contribution in [1.29, 1.82) is 0 Å². The van der Waals surface area contributed by atoms with Crippen LogP contribution in [0.5, 0.6) is 0 Å². The monoisotopic (exact) mass is 500 g/mol. The third-order valence-corrected chi connectivity index (χ3v) is 10.4. The van der Waals surface area contributed by atoms with Crippen molar-refractivity contribution in [2.24, 2.45) is 22.7 Å². The van der Waals surface area contributed by atoms with E-state index < -0.39 is 11.3 Å². The third kappa shape index (κ3) is 5.54. The lowest BCUT2D eigenvalue weighted by Crippen LogP contribution is -2.47. The first-order valence-electron chi connectivity index (χ1n) is 14.4. The highest BCUT2D eigenvalue weighted by molar-refractivity contribution is 5.66. The lowest BCUT2D eigenvalue weighted by Gasteiger charge is -2.51. The Morgan fingerprint density at radius 1 is 1.14 bits per heavy atom. The summed E-state index contributed by atoms with van der Waals surface area (Å²) in [6, 6.07) is 0. The molecule has 4 saturated carbocycles. The maximum Gasteiger partial charge on any atom is 0.302 e. The van der Waals surface area contributed by atoms with Gasteiger partial charge in [-0.3, -0.25) is 4.79 Å². The number of hydrogen-bond donors (Lipinski definition) is 1. The van der Waals surface area contributed by atoms with Crippen molar-refractivity contribution in [3.8, 4) is 0 Å². The van der Waals surface area contributed by atoms with Crippen LogP contribution in [0.4, 0.5) is 4.39 Å². The van der Waals surface area contributed by atoms with Crippen LogP contribution in [0.15, 0.2) is 35.5 Å². The van der Waals surface area contributed by atoms with Gasteiger partial charge in [-0.25, -0.2) is 4.39 Å². The van der Waals surface area contributed by atoms with E-state index in [0.29, 0.717) is 24.7 Å². The summed E-state index contributed by atoms with van der Waals surface area (Å²) >= 11 is 0. The molecule has 0 spiro atoms. The number of allylic oxidation sites excluding steroid dienone is 4. The van der Waals surface area contributed by atoms with Gasteiger partial charge in [0.25, 0.3) is 0 Å². The van der Waals surface area contributed by atoms with Crippen LogP contribution >= 0.6 is 0 Å². The van der Waals surface area contributed by atoms with Crippen LogP contribution in [0, 0.1) is 22.7 Å². The normalized spacial score (nSPS) is 36.0. The molecular formula is C32H49FO3. The molecule has 5 atom stereocenters. The van der Waals surface area contributed by atoms with Gasteiger partial charge in [0, 0.05) is 18.8 Å². The molecule has 202 valence electrons. The van der Waals surface area contributed by atoms with E-state index in [1.54, 1.807) is 0 Å². The first-order chi connectivity index (χ1) is 16.8. The van der Waals surface area contributed by atoms with Crippen LogP contribution < -0.4 is 0 Å². The summed E-state index contributed by atoms with van der Waals surface area (Å²) in [5.74, 6) is 0.668. The average Bonchev–Trinajstić information content (AvgIpc) is 3.43. The van der Waals surface area contributed by atoms with E-state index in [9.17, 15) is 9.90 Å². The molecule has 4 fully saturated rings. The van der Waals surface area contributed by atoms with Gasteiger partial charge in [0.15, 0.2) is 0 Å². The van der Waals surface area contributed by atoms with Gasteiger partial charge in [0.2, 0.25) is 0 Å². The summed E-state index contributed by atoms with van der Waals surface area (Å²) < 4.78 is 21.6. The maximum absolute atomic E-state index is 16.1. The topological polar surface area (TPSA) is 46.5 Å². The molecule has 0 radical (unpaired) electrons. The van der Waals surface area contributed by atoms with Gasteiger partial charge in [-0.2, -0.15) is 0 Å². The smallest absolute Gasteiger partial charge is 0.302 e. The van der Waals surface area contributed by atoms with Gasteiger partial charge in [0.1, 0.15) is 11.8 Å². The number of halogens is 1. The summed E-state index contributed by atoms with van der Waals surface area (Å²) in [5.41, 5.74) is 1.95. The Hall–Kier alpha value is -1.42. The highest BCUT2D eigenvalue weighted by Gasteiger charge is 2.66. The van der Waals surface area contributed by atoms with Gasteiger partial charge in [-0.1, -0.05) is 43.7 Å². The molecule has 4 rings (SSSR count). The van der Waals surface area contributed by atoms with Crippen molar-refractivity contribution >= 4 is 5.97 Å². The van der Waals surface area contributed by atoms with Crippen molar-refractivity contribution in [2.45, 2.75) is 135 Å². The van der Waals surface area contributed by atoms with Crippen molar-refractivity contribution in [3.05, 3.63) is 35.5 Å². The summed E-state index contributed by atoms with van der Waals surface area (Å²) in [7, 11) is 0. The molecule has 0 bridgehead atoms. The fraction of sp³-hybridized carbons (Fsp3) is 0.781. The molecule has 3 nitrogen and oxygen atoms in total. The SMILES string of the molecule is C=C1CC[C@H](OC(C)=O)C/C1=C/C=C1CCC[C@@]2(C)C1CC[C@@H]2[C@](C)(CCCC(C)(C)O)C1(F)CC1. The zero-order valence-electron chi connectivity index (χ0n) is 23.4.